The molecule has 1 amide bonds. The van der Waals surface area contributed by atoms with Crippen LogP contribution in [0.4, 0.5) is 0 Å². The second-order valence-electron chi connectivity index (χ2n) is 5.82. The lowest BCUT2D eigenvalue weighted by molar-refractivity contribution is 0.0953. The summed E-state index contributed by atoms with van der Waals surface area (Å²) in [6.07, 6.45) is 0. The molecule has 128 valence electrons. The topological polar surface area (TPSA) is 83.6 Å². The molecule has 0 spiro atoms. The highest BCUT2D eigenvalue weighted by atomic mass is 16.1. The Morgan fingerprint density at radius 1 is 1.20 bits per heavy atom. The molecule has 6 nitrogen and oxygen atoms in total. The van der Waals surface area contributed by atoms with E-state index >= 15 is 0 Å². The molecule has 1 aromatic heterocycles. The number of guanidine groups is 1. The van der Waals surface area contributed by atoms with Crippen molar-refractivity contribution in [2.45, 2.75) is 0 Å². The average molecular weight is 335 g/mol. The number of amides is 1. The van der Waals surface area contributed by atoms with Gasteiger partial charge in [-0.3, -0.25) is 9.79 Å². The molecular weight excluding hydrogens is 314 g/mol. The molecule has 0 unspecified atom stereocenters. The van der Waals surface area contributed by atoms with Gasteiger partial charge in [-0.2, -0.15) is 0 Å². The van der Waals surface area contributed by atoms with Crippen molar-refractivity contribution < 1.29 is 4.79 Å². The van der Waals surface area contributed by atoms with Crippen molar-refractivity contribution in [3.05, 3.63) is 54.1 Å². The highest BCUT2D eigenvalue weighted by Crippen LogP contribution is 2.22. The summed E-state index contributed by atoms with van der Waals surface area (Å²) in [6.45, 7) is 1.05. The summed E-state index contributed by atoms with van der Waals surface area (Å²) in [5.74, 6) is 0.293. The minimum absolute atomic E-state index is 0.145. The number of hydrogen-bond donors (Lipinski definition) is 2. The number of fused-ring (bicyclic) bond motifs is 2. The highest BCUT2D eigenvalue weighted by molar-refractivity contribution is 6.07. The fraction of sp³-hybridized carbons (Fsp3) is 0.211. The lowest BCUT2D eigenvalue weighted by Gasteiger charge is -2.17. The predicted molar refractivity (Wildman–Crippen MR) is 102 cm³/mol. The van der Waals surface area contributed by atoms with Gasteiger partial charge in [0, 0.05) is 38.0 Å². The van der Waals surface area contributed by atoms with E-state index in [-0.39, 0.29) is 5.91 Å². The normalized spacial score (nSPS) is 11.7. The number of benzene rings is 2. The molecule has 0 aliphatic rings. The predicted octanol–water partition coefficient (Wildman–Crippen LogP) is 1.99. The number of nitrogens with two attached hydrogens (primary N) is 1. The average Bonchev–Trinajstić information content (AvgIpc) is 2.64. The Balaban J connectivity index is 1.83. The first kappa shape index (κ1) is 16.7. The van der Waals surface area contributed by atoms with Crippen LogP contribution < -0.4 is 11.1 Å². The van der Waals surface area contributed by atoms with E-state index in [1.165, 1.54) is 0 Å². The Morgan fingerprint density at radius 3 is 2.76 bits per heavy atom. The number of hydrogen-bond acceptors (Lipinski definition) is 3. The molecule has 3 N–H and O–H groups in total. The van der Waals surface area contributed by atoms with Crippen LogP contribution in [0.3, 0.4) is 0 Å². The summed E-state index contributed by atoms with van der Waals surface area (Å²) in [7, 11) is 3.47. The maximum atomic E-state index is 12.6. The summed E-state index contributed by atoms with van der Waals surface area (Å²) in [5.41, 5.74) is 7.88. The lowest BCUT2D eigenvalue weighted by Crippen LogP contribution is -2.39. The van der Waals surface area contributed by atoms with Gasteiger partial charge >= 0.3 is 0 Å². The van der Waals surface area contributed by atoms with Crippen LogP contribution in [-0.2, 0) is 0 Å². The van der Waals surface area contributed by atoms with Gasteiger partial charge in [-0.1, -0.05) is 30.3 Å². The molecule has 3 rings (SSSR count). The van der Waals surface area contributed by atoms with Crippen molar-refractivity contribution in [3.63, 3.8) is 0 Å². The second-order valence-corrected chi connectivity index (χ2v) is 5.82. The standard InChI is InChI=1S/C19H21N5O/c1-21-19(20)24(2)11-10-22-18(25)15-8-5-7-14-12-13-6-3-4-9-16(13)23-17(14)15/h3-9,12H,10-11H2,1-2H3,(H2,20,21)(H,22,25). The van der Waals surface area contributed by atoms with Crippen molar-refractivity contribution >= 4 is 33.7 Å². The highest BCUT2D eigenvalue weighted by Gasteiger charge is 2.12. The number of carbonyl (C=O) groups excluding carboxylic acids is 1. The van der Waals surface area contributed by atoms with Gasteiger partial charge < -0.3 is 16.0 Å². The molecule has 0 fully saturated rings. The Kier molecular flexibility index (Phi) is 4.79. The quantitative estimate of drug-likeness (QED) is 0.434. The summed E-state index contributed by atoms with van der Waals surface area (Å²) < 4.78 is 0. The van der Waals surface area contributed by atoms with Crippen LogP contribution in [0.15, 0.2) is 53.5 Å². The van der Waals surface area contributed by atoms with Gasteiger partial charge in [-0.05, 0) is 18.2 Å². The minimum atomic E-state index is -0.145. The molecule has 1 heterocycles. The van der Waals surface area contributed by atoms with E-state index in [0.717, 1.165) is 16.3 Å². The van der Waals surface area contributed by atoms with E-state index in [1.807, 2.05) is 43.4 Å². The molecule has 0 bridgehead atoms. The number of likely N-dealkylation sites (N-methyl/N-ethyl adjacent to an activating group) is 1. The Bertz CT molecular complexity index is 951. The number of nitrogens with zero attached hydrogens (tertiary/aromatic N) is 3. The number of aromatic nitrogens is 1. The number of pyridine rings is 1. The van der Waals surface area contributed by atoms with Gasteiger partial charge in [-0.15, -0.1) is 0 Å². The third-order valence-electron chi connectivity index (χ3n) is 4.14. The van der Waals surface area contributed by atoms with E-state index < -0.39 is 0 Å². The van der Waals surface area contributed by atoms with Gasteiger partial charge in [0.2, 0.25) is 0 Å². The molecule has 0 saturated carbocycles. The van der Waals surface area contributed by atoms with Crippen molar-refractivity contribution in [1.29, 1.82) is 0 Å². The first-order chi connectivity index (χ1) is 12.1. The van der Waals surface area contributed by atoms with Gasteiger partial charge in [0.1, 0.15) is 0 Å². The largest absolute Gasteiger partial charge is 0.370 e. The fourth-order valence-corrected chi connectivity index (χ4v) is 2.70. The first-order valence-corrected chi connectivity index (χ1v) is 8.10. The van der Waals surface area contributed by atoms with E-state index in [2.05, 4.69) is 21.4 Å². The number of para-hydroxylation sites is 2. The van der Waals surface area contributed by atoms with Crippen molar-refractivity contribution in [1.82, 2.24) is 15.2 Å². The summed E-state index contributed by atoms with van der Waals surface area (Å²) >= 11 is 0. The van der Waals surface area contributed by atoms with Crippen LogP contribution in [0.5, 0.6) is 0 Å². The molecule has 0 radical (unpaired) electrons. The number of nitrogens with one attached hydrogen (secondary N) is 1. The lowest BCUT2D eigenvalue weighted by atomic mass is 10.1. The molecule has 0 atom stereocenters. The Hall–Kier alpha value is -3.15. The van der Waals surface area contributed by atoms with Gasteiger partial charge in [0.25, 0.3) is 5.91 Å². The van der Waals surface area contributed by atoms with E-state index in [4.69, 9.17) is 5.73 Å². The number of aliphatic imine (C=N–C) groups is 1. The zero-order valence-electron chi connectivity index (χ0n) is 14.4. The van der Waals surface area contributed by atoms with Crippen molar-refractivity contribution in [2.24, 2.45) is 10.7 Å². The van der Waals surface area contributed by atoms with Crippen LogP contribution in [0, 0.1) is 0 Å². The number of carbonyl (C=O) groups is 1. The van der Waals surface area contributed by atoms with Gasteiger partial charge in [0.05, 0.1) is 16.6 Å². The molecule has 3 aromatic rings. The monoisotopic (exact) mass is 335 g/mol. The molecule has 0 aliphatic carbocycles. The number of rotatable bonds is 4. The molecule has 25 heavy (non-hydrogen) atoms. The van der Waals surface area contributed by atoms with Crippen LogP contribution in [0.1, 0.15) is 10.4 Å². The molecule has 2 aromatic carbocycles. The molecule has 0 saturated heterocycles. The fourth-order valence-electron chi connectivity index (χ4n) is 2.70. The zero-order valence-corrected chi connectivity index (χ0v) is 14.4. The zero-order chi connectivity index (χ0) is 17.8. The molecule has 6 heteroatoms. The molecular formula is C19H21N5O. The van der Waals surface area contributed by atoms with Gasteiger partial charge in [-0.25, -0.2) is 4.98 Å². The van der Waals surface area contributed by atoms with Crippen LogP contribution in [0.2, 0.25) is 0 Å². The van der Waals surface area contributed by atoms with E-state index in [0.29, 0.717) is 30.1 Å². The maximum Gasteiger partial charge on any atom is 0.253 e. The smallest absolute Gasteiger partial charge is 0.253 e. The summed E-state index contributed by atoms with van der Waals surface area (Å²) in [4.78, 5) is 23.0. The molecule has 0 aliphatic heterocycles. The summed E-state index contributed by atoms with van der Waals surface area (Å²) in [5, 5.41) is 4.93. The van der Waals surface area contributed by atoms with E-state index in [1.54, 1.807) is 18.0 Å². The Labute approximate surface area is 146 Å². The first-order valence-electron chi connectivity index (χ1n) is 8.10. The minimum Gasteiger partial charge on any atom is -0.370 e. The van der Waals surface area contributed by atoms with Gasteiger partial charge in [0.15, 0.2) is 5.96 Å². The van der Waals surface area contributed by atoms with Crippen LogP contribution >= 0.6 is 0 Å². The van der Waals surface area contributed by atoms with Crippen molar-refractivity contribution in [3.8, 4) is 0 Å². The van der Waals surface area contributed by atoms with Crippen LogP contribution in [-0.4, -0.2) is 48.9 Å². The van der Waals surface area contributed by atoms with Crippen molar-refractivity contribution in [2.75, 3.05) is 27.2 Å². The second kappa shape index (κ2) is 7.17. The summed E-state index contributed by atoms with van der Waals surface area (Å²) in [6, 6.07) is 15.6. The third kappa shape index (κ3) is 3.52. The van der Waals surface area contributed by atoms with E-state index in [9.17, 15) is 4.79 Å². The van der Waals surface area contributed by atoms with Crippen LogP contribution in [0.25, 0.3) is 21.8 Å². The Morgan fingerprint density at radius 2 is 1.96 bits per heavy atom. The third-order valence-corrected chi connectivity index (χ3v) is 4.14. The maximum absolute atomic E-state index is 12.6. The SMILES string of the molecule is CN=C(N)N(C)CCNC(=O)c1cccc2cc3ccccc3nc12.